The summed E-state index contributed by atoms with van der Waals surface area (Å²) in [7, 11) is -0.438. The molecule has 1 aliphatic heterocycles. The molecule has 298 valence electrons. The van der Waals surface area contributed by atoms with E-state index in [9.17, 15) is 0 Å². The average molecular weight is 860 g/mol. The van der Waals surface area contributed by atoms with Gasteiger partial charge in [0.15, 0.2) is 11.4 Å². The minimum absolute atomic E-state index is 0.393. The van der Waals surface area contributed by atoms with E-state index >= 15 is 0 Å². The van der Waals surface area contributed by atoms with E-state index in [0.717, 1.165) is 54.3 Å². The fourth-order valence-electron chi connectivity index (χ4n) is 6.38. The molecule has 1 aliphatic rings. The van der Waals surface area contributed by atoms with Gasteiger partial charge in [-0.3, -0.25) is 9.97 Å². The number of hydrogen-bond donors (Lipinski definition) is 2. The second-order valence-electron chi connectivity index (χ2n) is 15.1. The molecule has 60 heavy (non-hydrogen) atoms. The highest BCUT2D eigenvalue weighted by atomic mass is 79.9. The van der Waals surface area contributed by atoms with Crippen LogP contribution < -0.4 is 16.9 Å². The van der Waals surface area contributed by atoms with Crippen molar-refractivity contribution >= 4 is 73.1 Å². The molecule has 0 saturated carbocycles. The van der Waals surface area contributed by atoms with Crippen molar-refractivity contribution in [2.24, 2.45) is 0 Å². The fourth-order valence-corrected chi connectivity index (χ4v) is 6.76. The number of pyridine rings is 4. The fraction of sp³-hybridized carbons (Fsp3) is 0.182. The van der Waals surface area contributed by atoms with E-state index in [2.05, 4.69) is 55.8 Å². The predicted octanol–water partition coefficient (Wildman–Crippen LogP) is 8.93. The average Bonchev–Trinajstić information content (AvgIpc) is 3.90. The Morgan fingerprint density at radius 2 is 1.13 bits per heavy atom. The molecule has 16 heteroatoms. The molecule has 8 aromatic rings. The third-order valence-corrected chi connectivity index (χ3v) is 10.5. The molecule has 6 aromatic heterocycles. The first-order valence-corrected chi connectivity index (χ1v) is 19.5. The Morgan fingerprint density at radius 1 is 0.617 bits per heavy atom. The first kappa shape index (κ1) is 41.2. The zero-order valence-corrected chi connectivity index (χ0v) is 35.4. The van der Waals surface area contributed by atoms with Crippen LogP contribution in [-0.2, 0) is 9.31 Å². The van der Waals surface area contributed by atoms with Crippen molar-refractivity contribution in [1.29, 1.82) is 0 Å². The highest BCUT2D eigenvalue weighted by Gasteiger charge is 2.51. The van der Waals surface area contributed by atoms with Gasteiger partial charge in [0.1, 0.15) is 11.6 Å². The van der Waals surface area contributed by atoms with E-state index in [0.29, 0.717) is 34.4 Å². The normalized spacial score (nSPS) is 13.8. The van der Waals surface area contributed by atoms with Crippen molar-refractivity contribution in [3.63, 3.8) is 0 Å². The molecule has 1 saturated heterocycles. The molecule has 2 aromatic carbocycles. The van der Waals surface area contributed by atoms with Gasteiger partial charge in [0.05, 0.1) is 59.1 Å². The molecule has 1 fully saturated rings. The van der Waals surface area contributed by atoms with Gasteiger partial charge in [-0.25, -0.2) is 29.0 Å². The van der Waals surface area contributed by atoms with E-state index in [-0.39, 0.29) is 0 Å². The molecule has 0 atom stereocenters. The minimum Gasteiger partial charge on any atom is -0.399 e. The summed E-state index contributed by atoms with van der Waals surface area (Å²) in [5.74, 6) is 1.26. The van der Waals surface area contributed by atoms with Crippen LogP contribution in [0.5, 0.6) is 0 Å². The van der Waals surface area contributed by atoms with Gasteiger partial charge in [-0.2, -0.15) is 10.2 Å². The van der Waals surface area contributed by atoms with Crippen molar-refractivity contribution < 1.29 is 9.31 Å². The van der Waals surface area contributed by atoms with Crippen LogP contribution in [-0.4, -0.2) is 57.8 Å². The van der Waals surface area contributed by atoms with Crippen LogP contribution in [0.25, 0.3) is 54.3 Å². The van der Waals surface area contributed by atoms with Gasteiger partial charge in [0, 0.05) is 57.0 Å². The van der Waals surface area contributed by atoms with Crippen LogP contribution in [0.15, 0.2) is 114 Å². The number of aryl methyl sites for hydroxylation is 2. The summed E-state index contributed by atoms with van der Waals surface area (Å²) in [6.07, 6.45) is 10.3. The Morgan fingerprint density at radius 3 is 1.63 bits per heavy atom. The number of hydrogen-bond acceptors (Lipinski definition) is 10. The standard InChI is InChI=1S/C20H21BN4O2.C19H14N6.C5H5BrN2/c1-13-9-16(22-6)11-18(24-13)25-17-10-15(8-7-14(17)12-23-25)21-26-19(2,3)20(4,5)27-21;1-12-5-17(21-2)8-19(24-12)25-18-7-13(3-4-14(18)10-23-25)15-6-16(20)11-22-9-15;6-4-1-5(7)3-8-2-4/h7-12H,1-5H3;3-11H,20H2,1H3;1-3H,7H2. The maximum Gasteiger partial charge on any atom is 0.494 e. The molecule has 0 radical (unpaired) electrons. The second-order valence-corrected chi connectivity index (χ2v) is 16.0. The smallest absolute Gasteiger partial charge is 0.399 e. The molecule has 0 aliphatic carbocycles. The number of nitrogens with zero attached hydrogens (tertiary/aromatic N) is 10. The number of nitrogen functional groups attached to an aromatic ring is 2. The molecule has 0 amide bonds. The molecule has 7 heterocycles. The van der Waals surface area contributed by atoms with Crippen molar-refractivity contribution in [2.75, 3.05) is 11.5 Å². The molecule has 9 rings (SSSR count). The summed E-state index contributed by atoms with van der Waals surface area (Å²) >= 11 is 3.22. The first-order chi connectivity index (χ1) is 28.6. The lowest BCUT2D eigenvalue weighted by molar-refractivity contribution is 0.00578. The largest absolute Gasteiger partial charge is 0.494 e. The zero-order valence-electron chi connectivity index (χ0n) is 33.8. The SMILES string of the molecule is Nc1cncc(Br)c1.[C-]#[N+]c1cc(C)nc(-n2ncc3ccc(-c4cncc(N)c4)cc32)c1.[C-]#[N+]c1cc(C)nc(-n2ncc3ccc(B4OC(C)(C)C(C)(C)O4)cc32)c1. The summed E-state index contributed by atoms with van der Waals surface area (Å²) in [5, 5.41) is 10.9. The molecular formula is C44H40BBrN12O2. The number of rotatable bonds is 4. The summed E-state index contributed by atoms with van der Waals surface area (Å²) in [6, 6.07) is 22.8. The summed E-state index contributed by atoms with van der Waals surface area (Å²) < 4.78 is 16.8. The number of aromatic nitrogens is 8. The second kappa shape index (κ2) is 16.7. The maximum absolute atomic E-state index is 7.28. The Bertz CT molecular complexity index is 2930. The Kier molecular flexibility index (Phi) is 11.5. The molecule has 14 nitrogen and oxygen atoms in total. The monoisotopic (exact) mass is 858 g/mol. The van der Waals surface area contributed by atoms with E-state index in [1.54, 1.807) is 76.9 Å². The van der Waals surface area contributed by atoms with Crippen molar-refractivity contribution in [1.82, 2.24) is 39.5 Å². The summed E-state index contributed by atoms with van der Waals surface area (Å²) in [4.78, 5) is 24.0. The van der Waals surface area contributed by atoms with E-state index in [1.807, 2.05) is 84.0 Å². The van der Waals surface area contributed by atoms with E-state index in [1.165, 1.54) is 0 Å². The lowest BCUT2D eigenvalue weighted by Gasteiger charge is -2.32. The van der Waals surface area contributed by atoms with Crippen LogP contribution in [0.4, 0.5) is 22.7 Å². The van der Waals surface area contributed by atoms with Crippen molar-refractivity contribution in [3.8, 4) is 22.8 Å². The summed E-state index contributed by atoms with van der Waals surface area (Å²) in [6.45, 7) is 26.4. The van der Waals surface area contributed by atoms with Gasteiger partial charge in [-0.05, 0) is 117 Å². The third-order valence-electron chi connectivity index (χ3n) is 10.1. The molecule has 0 bridgehead atoms. The molecule has 0 unspecified atom stereocenters. The maximum atomic E-state index is 7.28. The van der Waals surface area contributed by atoms with Gasteiger partial charge in [0.2, 0.25) is 0 Å². The molecule has 0 spiro atoms. The quantitative estimate of drug-likeness (QED) is 0.129. The van der Waals surface area contributed by atoms with Crippen LogP contribution in [0.3, 0.4) is 0 Å². The number of fused-ring (bicyclic) bond motifs is 2. The third kappa shape index (κ3) is 8.86. The topological polar surface area (TPSA) is 166 Å². The van der Waals surface area contributed by atoms with Crippen LogP contribution in [0, 0.1) is 27.0 Å². The van der Waals surface area contributed by atoms with Crippen molar-refractivity contribution in [3.05, 3.63) is 149 Å². The zero-order chi connectivity index (χ0) is 42.8. The molecular weight excluding hydrogens is 819 g/mol. The number of nitrogens with two attached hydrogens (primary N) is 2. The van der Waals surface area contributed by atoms with E-state index < -0.39 is 18.3 Å². The highest BCUT2D eigenvalue weighted by molar-refractivity contribution is 9.10. The summed E-state index contributed by atoms with van der Waals surface area (Å²) in [5.41, 5.74) is 19.0. The number of halogens is 1. The number of anilines is 2. The van der Waals surface area contributed by atoms with Gasteiger partial charge in [-0.1, -0.05) is 24.3 Å². The van der Waals surface area contributed by atoms with Gasteiger partial charge in [0.25, 0.3) is 0 Å². The van der Waals surface area contributed by atoms with Crippen LogP contribution in [0.1, 0.15) is 39.1 Å². The lowest BCUT2D eigenvalue weighted by Crippen LogP contribution is -2.41. The van der Waals surface area contributed by atoms with Gasteiger partial charge >= 0.3 is 7.12 Å². The minimum atomic E-state index is -0.438. The Hall–Kier alpha value is -6.98. The van der Waals surface area contributed by atoms with Crippen molar-refractivity contribution in [2.45, 2.75) is 52.7 Å². The van der Waals surface area contributed by atoms with Gasteiger partial charge in [-0.15, -0.1) is 0 Å². The first-order valence-electron chi connectivity index (χ1n) is 18.7. The highest BCUT2D eigenvalue weighted by Crippen LogP contribution is 2.37. The van der Waals surface area contributed by atoms with Gasteiger partial charge < -0.3 is 20.8 Å². The van der Waals surface area contributed by atoms with Crippen LogP contribution >= 0.6 is 15.9 Å². The predicted molar refractivity (Wildman–Crippen MR) is 239 cm³/mol. The molecule has 4 N–H and O–H groups in total. The Balaban J connectivity index is 0.000000154. The lowest BCUT2D eigenvalue weighted by atomic mass is 9.79. The Labute approximate surface area is 356 Å². The van der Waals surface area contributed by atoms with Crippen LogP contribution in [0.2, 0.25) is 0 Å². The number of benzene rings is 2. The van der Waals surface area contributed by atoms with E-state index in [4.69, 9.17) is 33.9 Å².